The highest BCUT2D eigenvalue weighted by Crippen LogP contribution is 2.39. The molecule has 2 aliphatic rings. The number of rotatable bonds is 8. The lowest BCUT2D eigenvalue weighted by Gasteiger charge is -2.08. The Morgan fingerprint density at radius 2 is 0.650 bits per heavy atom. The molecule has 0 unspecified atom stereocenters. The monoisotopic (exact) mass is 832 g/mol. The van der Waals surface area contributed by atoms with Crippen molar-refractivity contribution in [3.05, 3.63) is 144 Å². The lowest BCUT2D eigenvalue weighted by molar-refractivity contribution is 0.481. The summed E-state index contributed by atoms with van der Waals surface area (Å²) in [5.74, 6) is 0. The number of benzene rings is 4. The summed E-state index contributed by atoms with van der Waals surface area (Å²) in [7, 11) is -5.17. The van der Waals surface area contributed by atoms with Gasteiger partial charge in [0, 0.05) is 69.8 Å². The van der Waals surface area contributed by atoms with Crippen LogP contribution >= 0.6 is 0 Å². The van der Waals surface area contributed by atoms with Crippen LogP contribution in [0.15, 0.2) is 131 Å². The summed E-state index contributed by atoms with van der Waals surface area (Å²) in [4.78, 5) is 17.3. The number of hydrogen-bond donors (Lipinski definition) is 6. The highest BCUT2D eigenvalue weighted by molar-refractivity contribution is 7.86. The Morgan fingerprint density at radius 1 is 0.400 bits per heavy atom. The summed E-state index contributed by atoms with van der Waals surface area (Å²) >= 11 is 0. The molecule has 0 saturated heterocycles. The fourth-order valence-corrected chi connectivity index (χ4v) is 8.57. The summed E-state index contributed by atoms with van der Waals surface area (Å²) in [6.07, 6.45) is 7.73. The Hall–Kier alpha value is -7.10. The normalized spacial score (nSPS) is 12.5. The largest absolute Gasteiger partial charge is 0.388 e. The average Bonchev–Trinajstić information content (AvgIpc) is 4.09. The van der Waals surface area contributed by atoms with Gasteiger partial charge in [0.05, 0.1) is 32.6 Å². The number of H-pyrrole nitrogens is 2. The second kappa shape index (κ2) is 14.9. The Morgan fingerprint density at radius 3 is 0.883 bits per heavy atom. The summed E-state index contributed by atoms with van der Waals surface area (Å²) in [6.45, 7) is 0. The molecule has 9 rings (SSSR count). The van der Waals surface area contributed by atoms with Gasteiger partial charge in [-0.2, -0.15) is 16.8 Å². The predicted molar refractivity (Wildman–Crippen MR) is 239 cm³/mol. The fourth-order valence-electron chi connectivity index (χ4n) is 7.61. The van der Waals surface area contributed by atoms with Gasteiger partial charge in [0.2, 0.25) is 0 Å². The van der Waals surface area contributed by atoms with E-state index < -0.39 is 20.2 Å². The van der Waals surface area contributed by atoms with Crippen LogP contribution in [0.5, 0.6) is 0 Å². The first kappa shape index (κ1) is 38.4. The first-order valence-electron chi connectivity index (χ1n) is 18.8. The molecule has 0 radical (unpaired) electrons. The Bertz CT molecular complexity index is 3080. The second-order valence-corrected chi connectivity index (χ2v) is 17.0. The molecule has 7 aromatic rings. The topological polar surface area (TPSA) is 190 Å². The molecule has 298 valence electrons. The van der Waals surface area contributed by atoms with Crippen molar-refractivity contribution in [2.75, 3.05) is 24.7 Å². The van der Waals surface area contributed by atoms with E-state index >= 15 is 0 Å². The minimum Gasteiger partial charge on any atom is -0.388 e. The Balaban J connectivity index is 1.43. The highest BCUT2D eigenvalue weighted by Gasteiger charge is 2.20. The smallest absolute Gasteiger partial charge is 0.294 e. The number of aromatic amines is 2. The van der Waals surface area contributed by atoms with E-state index in [1.54, 1.807) is 24.3 Å². The standard InChI is InChI=1S/C46H36N6O6S2/c1-47-31-11-3-27(4-12-31)43-35-19-20-36(49-35)44(28-5-13-32(48-2)14-6-28)38-22-24-40(51-38)46(30-9-17-34(18-10-30)60(56,57)58)42-26-25-41(52-42)45(39-23-21-37(43)50-39)29-7-15-33(16-8-29)59(53,54)55/h3-26,47-49,52H,1-2H3,(H,53,54,55)(H,56,57,58). The van der Waals surface area contributed by atoms with E-state index in [9.17, 15) is 25.9 Å². The van der Waals surface area contributed by atoms with E-state index in [0.717, 1.165) is 44.7 Å². The van der Waals surface area contributed by atoms with E-state index in [-0.39, 0.29) is 9.79 Å². The van der Waals surface area contributed by atoms with Crippen LogP contribution in [0.1, 0.15) is 22.8 Å². The third-order valence-electron chi connectivity index (χ3n) is 10.6. The number of nitrogens with zero attached hydrogens (tertiary/aromatic N) is 2. The lowest BCUT2D eigenvalue weighted by atomic mass is 10.0. The van der Waals surface area contributed by atoms with Crippen molar-refractivity contribution in [2.24, 2.45) is 0 Å². The molecular formula is C46H36N6O6S2. The van der Waals surface area contributed by atoms with Gasteiger partial charge in [-0.1, -0.05) is 48.5 Å². The van der Waals surface area contributed by atoms with Gasteiger partial charge in [0.1, 0.15) is 0 Å². The van der Waals surface area contributed by atoms with Crippen LogP contribution < -0.4 is 10.6 Å². The Labute approximate surface area is 345 Å². The molecule has 0 fully saturated rings. The quantitative estimate of drug-likeness (QED) is 0.0804. The maximum absolute atomic E-state index is 12.0. The molecule has 6 N–H and O–H groups in total. The summed E-state index contributed by atoms with van der Waals surface area (Å²) in [5.41, 5.74) is 13.4. The molecule has 0 atom stereocenters. The molecule has 14 heteroatoms. The number of nitrogens with one attached hydrogen (secondary N) is 4. The van der Waals surface area contributed by atoms with Crippen LogP contribution in [0, 0.1) is 0 Å². The summed E-state index contributed by atoms with van der Waals surface area (Å²) in [5, 5.41) is 6.37. The van der Waals surface area contributed by atoms with Crippen molar-refractivity contribution < 1.29 is 25.9 Å². The minimum atomic E-state index is -4.45. The van der Waals surface area contributed by atoms with E-state index in [1.807, 2.05) is 111 Å². The minimum absolute atomic E-state index is 0.247. The molecular weight excluding hydrogens is 797 g/mol. The van der Waals surface area contributed by atoms with Gasteiger partial charge in [0.25, 0.3) is 20.2 Å². The highest BCUT2D eigenvalue weighted by atomic mass is 32.2. The van der Waals surface area contributed by atoms with E-state index in [2.05, 4.69) is 20.6 Å². The molecule has 2 aliphatic heterocycles. The molecule has 0 saturated carbocycles. The van der Waals surface area contributed by atoms with Crippen molar-refractivity contribution >= 4 is 78.0 Å². The van der Waals surface area contributed by atoms with Gasteiger partial charge < -0.3 is 20.6 Å². The molecule has 4 aromatic carbocycles. The van der Waals surface area contributed by atoms with Crippen molar-refractivity contribution in [3.63, 3.8) is 0 Å². The third-order valence-corrected chi connectivity index (χ3v) is 12.3. The SMILES string of the molecule is CNc1ccc(-c2c3nc(c(-c4ccc(S(=O)(=O)O)cc4)c4ccc([nH]4)c(-c4ccc(S(=O)(=O)O)cc4)c4nc(c(-c5ccc(NC)cc5)c5ccc2[nH]5)C=C4)C=C3)cc1. The predicted octanol–water partition coefficient (Wildman–Crippen LogP) is 9.90. The van der Waals surface area contributed by atoms with Crippen molar-refractivity contribution in [1.82, 2.24) is 19.9 Å². The third kappa shape index (κ3) is 7.18. The zero-order valence-corrected chi connectivity index (χ0v) is 33.7. The van der Waals surface area contributed by atoms with E-state index in [4.69, 9.17) is 9.97 Å². The first-order chi connectivity index (χ1) is 28.9. The average molecular weight is 833 g/mol. The summed E-state index contributed by atoms with van der Waals surface area (Å²) < 4.78 is 67.7. The zero-order valence-electron chi connectivity index (χ0n) is 32.1. The van der Waals surface area contributed by atoms with Crippen LogP contribution in [-0.2, 0) is 20.2 Å². The van der Waals surface area contributed by atoms with Crippen molar-refractivity contribution in [3.8, 4) is 44.5 Å². The molecule has 0 spiro atoms. The van der Waals surface area contributed by atoms with E-state index in [1.165, 1.54) is 24.3 Å². The van der Waals surface area contributed by atoms with Crippen LogP contribution in [0.3, 0.4) is 0 Å². The molecule has 0 amide bonds. The molecule has 12 nitrogen and oxygen atoms in total. The van der Waals surface area contributed by atoms with Crippen LogP contribution in [-0.4, -0.2) is 60.0 Å². The second-order valence-electron chi connectivity index (χ2n) is 14.2. The first-order valence-corrected chi connectivity index (χ1v) is 21.6. The molecule has 5 heterocycles. The maximum atomic E-state index is 12.0. The number of hydrogen-bond acceptors (Lipinski definition) is 8. The molecule has 8 bridgehead atoms. The number of fused-ring (bicyclic) bond motifs is 8. The van der Waals surface area contributed by atoms with Gasteiger partial charge in [-0.3, -0.25) is 9.11 Å². The molecule has 60 heavy (non-hydrogen) atoms. The van der Waals surface area contributed by atoms with Gasteiger partial charge in [-0.05, 0) is 119 Å². The fraction of sp³-hybridized carbons (Fsp3) is 0.0435. The van der Waals surface area contributed by atoms with Crippen molar-refractivity contribution in [1.29, 1.82) is 0 Å². The van der Waals surface area contributed by atoms with Gasteiger partial charge >= 0.3 is 0 Å². The van der Waals surface area contributed by atoms with Crippen LogP contribution in [0.4, 0.5) is 11.4 Å². The molecule has 0 aliphatic carbocycles. The van der Waals surface area contributed by atoms with Gasteiger partial charge in [-0.15, -0.1) is 0 Å². The van der Waals surface area contributed by atoms with Gasteiger partial charge in [-0.25, -0.2) is 9.97 Å². The summed E-state index contributed by atoms with van der Waals surface area (Å²) in [6, 6.07) is 35.9. The van der Waals surface area contributed by atoms with Gasteiger partial charge in [0.15, 0.2) is 0 Å². The molecule has 3 aromatic heterocycles. The van der Waals surface area contributed by atoms with E-state index in [0.29, 0.717) is 56.1 Å². The Kier molecular flexibility index (Phi) is 9.56. The lowest BCUT2D eigenvalue weighted by Crippen LogP contribution is -1.97. The number of anilines is 2. The maximum Gasteiger partial charge on any atom is 0.294 e. The van der Waals surface area contributed by atoms with Crippen molar-refractivity contribution in [2.45, 2.75) is 9.79 Å². The van der Waals surface area contributed by atoms with Crippen LogP contribution in [0.2, 0.25) is 0 Å². The number of aromatic nitrogens is 4. The zero-order chi connectivity index (χ0) is 41.8. The van der Waals surface area contributed by atoms with Crippen LogP contribution in [0.25, 0.3) is 90.9 Å².